The van der Waals surface area contributed by atoms with Gasteiger partial charge in [-0.05, 0) is 12.8 Å². The molecule has 0 aliphatic rings. The number of nitrogens with two attached hydrogens (primary N) is 2. The molecule has 0 aliphatic carbocycles. The average Bonchev–Trinajstić information content (AvgIpc) is 2.33. The molecule has 0 aromatic rings. The predicted octanol–water partition coefficient (Wildman–Crippen LogP) is 2.76. The van der Waals surface area contributed by atoms with Crippen LogP contribution in [0, 0.1) is 0 Å². The Morgan fingerprint density at radius 3 is 2.06 bits per heavy atom. The molecular formula is C14H30N2O. The van der Waals surface area contributed by atoms with Crippen LogP contribution in [-0.4, -0.2) is 17.9 Å². The summed E-state index contributed by atoms with van der Waals surface area (Å²) in [6.07, 6.45) is 9.86. The molecule has 0 spiro atoms. The number of carbonyl (C=O) groups excluding carboxylic acids is 1. The van der Waals surface area contributed by atoms with Gasteiger partial charge in [0.2, 0.25) is 0 Å². The highest BCUT2D eigenvalue weighted by molar-refractivity contribution is 5.89. The Balaban J connectivity index is 3.88. The Hall–Kier alpha value is -0.410. The van der Waals surface area contributed by atoms with Crippen LogP contribution in [0.15, 0.2) is 0 Å². The van der Waals surface area contributed by atoms with E-state index in [1.54, 1.807) is 0 Å². The van der Waals surface area contributed by atoms with Crippen LogP contribution in [0.3, 0.4) is 0 Å². The third-order valence-corrected chi connectivity index (χ3v) is 3.41. The molecule has 102 valence electrons. The van der Waals surface area contributed by atoms with Gasteiger partial charge in [-0.15, -0.1) is 0 Å². The second-order valence-electron chi connectivity index (χ2n) is 5.05. The van der Waals surface area contributed by atoms with Gasteiger partial charge in [-0.2, -0.15) is 0 Å². The summed E-state index contributed by atoms with van der Waals surface area (Å²) in [7, 11) is 0. The SMILES string of the molecule is CCCCCCCCC(N)(CCC)C(=O)CN. The first kappa shape index (κ1) is 16.6. The number of hydrogen-bond acceptors (Lipinski definition) is 3. The average molecular weight is 242 g/mol. The van der Waals surface area contributed by atoms with E-state index in [1.807, 2.05) is 0 Å². The van der Waals surface area contributed by atoms with E-state index in [4.69, 9.17) is 11.5 Å². The summed E-state index contributed by atoms with van der Waals surface area (Å²) in [5.41, 5.74) is 10.9. The zero-order valence-electron chi connectivity index (χ0n) is 11.6. The molecule has 0 saturated heterocycles. The highest BCUT2D eigenvalue weighted by Gasteiger charge is 2.30. The van der Waals surface area contributed by atoms with Crippen molar-refractivity contribution in [2.75, 3.05) is 6.54 Å². The standard InChI is InChI=1S/C14H30N2O/c1-3-5-6-7-8-9-11-14(16,10-4-2)13(17)12-15/h3-12,15-16H2,1-2H3. The molecule has 0 radical (unpaired) electrons. The number of Topliss-reactive ketones (excluding diaryl/α,β-unsaturated/α-hetero) is 1. The first-order chi connectivity index (χ1) is 8.10. The monoisotopic (exact) mass is 242 g/mol. The Bertz CT molecular complexity index is 206. The Morgan fingerprint density at radius 2 is 1.53 bits per heavy atom. The van der Waals surface area contributed by atoms with Crippen molar-refractivity contribution in [3.63, 3.8) is 0 Å². The van der Waals surface area contributed by atoms with Crippen molar-refractivity contribution in [2.45, 2.75) is 77.2 Å². The highest BCUT2D eigenvalue weighted by Crippen LogP contribution is 2.20. The van der Waals surface area contributed by atoms with Gasteiger partial charge >= 0.3 is 0 Å². The quantitative estimate of drug-likeness (QED) is 0.547. The summed E-state index contributed by atoms with van der Waals surface area (Å²) in [6.45, 7) is 4.35. The van der Waals surface area contributed by atoms with Gasteiger partial charge in [0.05, 0.1) is 12.1 Å². The largest absolute Gasteiger partial charge is 0.324 e. The fraction of sp³-hybridized carbons (Fsp3) is 0.929. The van der Waals surface area contributed by atoms with E-state index >= 15 is 0 Å². The molecule has 3 heteroatoms. The molecule has 0 aliphatic heterocycles. The van der Waals surface area contributed by atoms with Crippen molar-refractivity contribution in [2.24, 2.45) is 11.5 Å². The minimum Gasteiger partial charge on any atom is -0.324 e. The number of hydrogen-bond donors (Lipinski definition) is 2. The van der Waals surface area contributed by atoms with Crippen molar-refractivity contribution in [1.82, 2.24) is 0 Å². The van der Waals surface area contributed by atoms with Crippen LogP contribution in [0.25, 0.3) is 0 Å². The maximum Gasteiger partial charge on any atom is 0.166 e. The number of rotatable bonds is 11. The normalized spacial score (nSPS) is 14.6. The smallest absolute Gasteiger partial charge is 0.166 e. The fourth-order valence-electron chi connectivity index (χ4n) is 2.27. The zero-order valence-corrected chi connectivity index (χ0v) is 11.6. The summed E-state index contributed by atoms with van der Waals surface area (Å²) >= 11 is 0. The highest BCUT2D eigenvalue weighted by atomic mass is 16.1. The van der Waals surface area contributed by atoms with Crippen molar-refractivity contribution in [3.05, 3.63) is 0 Å². The zero-order chi connectivity index (χ0) is 13.1. The molecule has 17 heavy (non-hydrogen) atoms. The lowest BCUT2D eigenvalue weighted by Gasteiger charge is -2.27. The Morgan fingerprint density at radius 1 is 0.941 bits per heavy atom. The summed E-state index contributed by atoms with van der Waals surface area (Å²) < 4.78 is 0. The van der Waals surface area contributed by atoms with E-state index in [0.29, 0.717) is 0 Å². The third kappa shape index (κ3) is 6.79. The maximum atomic E-state index is 11.7. The van der Waals surface area contributed by atoms with E-state index in [1.165, 1.54) is 32.1 Å². The van der Waals surface area contributed by atoms with E-state index in [2.05, 4.69) is 13.8 Å². The van der Waals surface area contributed by atoms with Gasteiger partial charge in [-0.25, -0.2) is 0 Å². The van der Waals surface area contributed by atoms with E-state index < -0.39 is 5.54 Å². The van der Waals surface area contributed by atoms with Gasteiger partial charge in [0.25, 0.3) is 0 Å². The number of carbonyl (C=O) groups is 1. The molecule has 0 amide bonds. The van der Waals surface area contributed by atoms with Gasteiger partial charge in [0.15, 0.2) is 5.78 Å². The summed E-state index contributed by atoms with van der Waals surface area (Å²) in [5.74, 6) is 0.0212. The van der Waals surface area contributed by atoms with Crippen LogP contribution >= 0.6 is 0 Å². The van der Waals surface area contributed by atoms with Crippen LogP contribution in [0.4, 0.5) is 0 Å². The second-order valence-corrected chi connectivity index (χ2v) is 5.05. The van der Waals surface area contributed by atoms with E-state index in [-0.39, 0.29) is 12.3 Å². The number of unbranched alkanes of at least 4 members (excludes halogenated alkanes) is 5. The minimum atomic E-state index is -0.658. The lowest BCUT2D eigenvalue weighted by Crippen LogP contribution is -2.50. The van der Waals surface area contributed by atoms with E-state index in [9.17, 15) is 4.79 Å². The van der Waals surface area contributed by atoms with Crippen LogP contribution in [0.5, 0.6) is 0 Å². The molecule has 3 nitrogen and oxygen atoms in total. The lowest BCUT2D eigenvalue weighted by atomic mass is 9.84. The summed E-state index contributed by atoms with van der Waals surface area (Å²) in [5, 5.41) is 0. The van der Waals surface area contributed by atoms with Gasteiger partial charge in [-0.1, -0.05) is 58.8 Å². The van der Waals surface area contributed by atoms with Crippen LogP contribution in [0.1, 0.15) is 71.6 Å². The first-order valence-corrected chi connectivity index (χ1v) is 7.13. The lowest BCUT2D eigenvalue weighted by molar-refractivity contribution is -0.123. The van der Waals surface area contributed by atoms with Crippen molar-refractivity contribution >= 4 is 5.78 Å². The molecule has 1 unspecified atom stereocenters. The van der Waals surface area contributed by atoms with Crippen LogP contribution in [0.2, 0.25) is 0 Å². The van der Waals surface area contributed by atoms with Crippen LogP contribution in [-0.2, 0) is 4.79 Å². The summed E-state index contributed by atoms with van der Waals surface area (Å²) in [4.78, 5) is 11.7. The molecule has 0 bridgehead atoms. The van der Waals surface area contributed by atoms with Gasteiger partial charge in [-0.3, -0.25) is 4.79 Å². The molecular weight excluding hydrogens is 212 g/mol. The molecule has 0 heterocycles. The van der Waals surface area contributed by atoms with Gasteiger partial charge < -0.3 is 11.5 Å². The van der Waals surface area contributed by atoms with Crippen LogP contribution < -0.4 is 11.5 Å². The molecule has 0 fully saturated rings. The molecule has 1 atom stereocenters. The fourth-order valence-corrected chi connectivity index (χ4v) is 2.27. The van der Waals surface area contributed by atoms with Gasteiger partial charge in [0.1, 0.15) is 0 Å². The molecule has 0 rings (SSSR count). The predicted molar refractivity (Wildman–Crippen MR) is 73.9 cm³/mol. The maximum absolute atomic E-state index is 11.7. The van der Waals surface area contributed by atoms with Crippen molar-refractivity contribution in [1.29, 1.82) is 0 Å². The topological polar surface area (TPSA) is 69.1 Å². The van der Waals surface area contributed by atoms with Crippen molar-refractivity contribution < 1.29 is 4.79 Å². The molecule has 0 saturated carbocycles. The van der Waals surface area contributed by atoms with E-state index in [0.717, 1.165) is 25.7 Å². The van der Waals surface area contributed by atoms with Crippen molar-refractivity contribution in [3.8, 4) is 0 Å². The minimum absolute atomic E-state index is 0.0212. The Labute approximate surface area is 106 Å². The number of ketones is 1. The Kier molecular flexibility index (Phi) is 9.37. The summed E-state index contributed by atoms with van der Waals surface area (Å²) in [6, 6.07) is 0. The first-order valence-electron chi connectivity index (χ1n) is 7.13. The third-order valence-electron chi connectivity index (χ3n) is 3.41. The molecule has 0 aromatic heterocycles. The van der Waals surface area contributed by atoms with Gasteiger partial charge in [0, 0.05) is 0 Å². The molecule has 0 aromatic carbocycles. The second kappa shape index (κ2) is 9.60. The molecule has 4 N–H and O–H groups in total.